The van der Waals surface area contributed by atoms with Crippen LogP contribution in [0.4, 0.5) is 5.82 Å². The van der Waals surface area contributed by atoms with Crippen molar-refractivity contribution in [1.82, 2.24) is 19.5 Å². The van der Waals surface area contributed by atoms with Crippen molar-refractivity contribution in [3.8, 4) is 0 Å². The molecule has 0 amide bonds. The van der Waals surface area contributed by atoms with E-state index in [1.807, 2.05) is 10.6 Å². The number of aromatic nitrogens is 3. The van der Waals surface area contributed by atoms with E-state index in [0.717, 1.165) is 50.6 Å². The molecular weight excluding hydrogens is 254 g/mol. The van der Waals surface area contributed by atoms with Gasteiger partial charge in [0.2, 0.25) is 0 Å². The summed E-state index contributed by atoms with van der Waals surface area (Å²) >= 11 is 0. The van der Waals surface area contributed by atoms with E-state index < -0.39 is 0 Å². The number of nitrogens with zero attached hydrogens (tertiary/aromatic N) is 5. The lowest BCUT2D eigenvalue weighted by atomic mass is 10.2. The number of aliphatic hydroxyl groups excluding tert-OH is 1. The van der Waals surface area contributed by atoms with Crippen molar-refractivity contribution < 1.29 is 5.11 Å². The van der Waals surface area contributed by atoms with Gasteiger partial charge in [-0.25, -0.2) is 4.98 Å². The number of fused-ring (bicyclic) bond motifs is 1. The molecule has 0 unspecified atom stereocenters. The molecule has 0 bridgehead atoms. The summed E-state index contributed by atoms with van der Waals surface area (Å²) in [6, 6.07) is 4.22. The second-order valence-corrected chi connectivity index (χ2v) is 5.33. The molecule has 0 aliphatic carbocycles. The number of β-amino-alcohol motifs (C(OH)–C–C–N with tert-alkyl or cyclic N) is 1. The van der Waals surface area contributed by atoms with Gasteiger partial charge in [-0.15, -0.1) is 0 Å². The van der Waals surface area contributed by atoms with Gasteiger partial charge >= 0.3 is 0 Å². The van der Waals surface area contributed by atoms with Crippen LogP contribution in [0.2, 0.25) is 0 Å². The second kappa shape index (κ2) is 5.76. The first-order valence-corrected chi connectivity index (χ1v) is 7.16. The highest BCUT2D eigenvalue weighted by Gasteiger charge is 2.17. The van der Waals surface area contributed by atoms with Crippen molar-refractivity contribution in [2.75, 3.05) is 44.2 Å². The Morgan fingerprint density at radius 3 is 2.95 bits per heavy atom. The lowest BCUT2D eigenvalue weighted by molar-refractivity contribution is 0.204. The summed E-state index contributed by atoms with van der Waals surface area (Å²) in [5, 5.41) is 13.4. The van der Waals surface area contributed by atoms with Crippen molar-refractivity contribution >= 4 is 11.5 Å². The SMILES string of the molecule is Cc1cc(N2CCCN(CCO)CC2)n2ncnc2c1. The number of rotatable bonds is 3. The maximum Gasteiger partial charge on any atom is 0.157 e. The highest BCUT2D eigenvalue weighted by atomic mass is 16.3. The summed E-state index contributed by atoms with van der Waals surface area (Å²) < 4.78 is 1.91. The molecule has 1 fully saturated rings. The fourth-order valence-corrected chi connectivity index (χ4v) is 2.83. The van der Waals surface area contributed by atoms with Crippen LogP contribution in [0, 0.1) is 6.92 Å². The maximum absolute atomic E-state index is 9.07. The van der Waals surface area contributed by atoms with Crippen LogP contribution in [-0.2, 0) is 0 Å². The molecule has 3 heterocycles. The normalized spacial score (nSPS) is 17.6. The number of aliphatic hydroxyl groups is 1. The van der Waals surface area contributed by atoms with Gasteiger partial charge in [-0.1, -0.05) is 0 Å². The van der Waals surface area contributed by atoms with Crippen LogP contribution in [-0.4, -0.2) is 63.9 Å². The van der Waals surface area contributed by atoms with Gasteiger partial charge in [-0.3, -0.25) is 4.90 Å². The lowest BCUT2D eigenvalue weighted by Gasteiger charge is -2.24. The molecule has 1 N–H and O–H groups in total. The number of hydrogen-bond acceptors (Lipinski definition) is 5. The zero-order chi connectivity index (χ0) is 13.9. The second-order valence-electron chi connectivity index (χ2n) is 5.33. The minimum atomic E-state index is 0.234. The molecule has 2 aromatic heterocycles. The van der Waals surface area contributed by atoms with E-state index in [2.05, 4.69) is 32.9 Å². The van der Waals surface area contributed by atoms with Gasteiger partial charge in [-0.05, 0) is 37.6 Å². The topological polar surface area (TPSA) is 56.9 Å². The van der Waals surface area contributed by atoms with Crippen LogP contribution >= 0.6 is 0 Å². The third kappa shape index (κ3) is 2.62. The van der Waals surface area contributed by atoms with Crippen LogP contribution in [0.1, 0.15) is 12.0 Å². The molecule has 0 spiro atoms. The zero-order valence-electron chi connectivity index (χ0n) is 11.9. The summed E-state index contributed by atoms with van der Waals surface area (Å²) in [4.78, 5) is 8.97. The van der Waals surface area contributed by atoms with Gasteiger partial charge in [-0.2, -0.15) is 9.61 Å². The first-order chi connectivity index (χ1) is 9.78. The summed E-state index contributed by atoms with van der Waals surface area (Å²) in [5.41, 5.74) is 2.11. The Labute approximate surface area is 118 Å². The highest BCUT2D eigenvalue weighted by Crippen LogP contribution is 2.19. The Hall–Kier alpha value is -1.66. The first-order valence-electron chi connectivity index (χ1n) is 7.16. The van der Waals surface area contributed by atoms with Crippen molar-refractivity contribution in [2.45, 2.75) is 13.3 Å². The van der Waals surface area contributed by atoms with Crippen molar-refractivity contribution in [3.05, 3.63) is 24.0 Å². The number of hydrogen-bond donors (Lipinski definition) is 1. The number of anilines is 1. The summed E-state index contributed by atoms with van der Waals surface area (Å²) in [7, 11) is 0. The predicted molar refractivity (Wildman–Crippen MR) is 78.1 cm³/mol. The molecule has 0 saturated carbocycles. The summed E-state index contributed by atoms with van der Waals surface area (Å²) in [6.07, 6.45) is 2.71. The van der Waals surface area contributed by atoms with E-state index in [0.29, 0.717) is 0 Å². The first kappa shape index (κ1) is 13.3. The zero-order valence-corrected chi connectivity index (χ0v) is 11.9. The van der Waals surface area contributed by atoms with Crippen LogP contribution < -0.4 is 4.90 Å². The maximum atomic E-state index is 9.07. The quantitative estimate of drug-likeness (QED) is 0.886. The van der Waals surface area contributed by atoms with Gasteiger partial charge in [0.25, 0.3) is 0 Å². The number of pyridine rings is 1. The third-order valence-corrected chi connectivity index (χ3v) is 3.83. The van der Waals surface area contributed by atoms with E-state index in [1.54, 1.807) is 6.33 Å². The van der Waals surface area contributed by atoms with E-state index in [9.17, 15) is 0 Å². The molecule has 3 rings (SSSR count). The average molecular weight is 275 g/mol. The van der Waals surface area contributed by atoms with Crippen molar-refractivity contribution in [3.63, 3.8) is 0 Å². The minimum Gasteiger partial charge on any atom is -0.395 e. The highest BCUT2D eigenvalue weighted by molar-refractivity contribution is 5.53. The Kier molecular flexibility index (Phi) is 3.84. The van der Waals surface area contributed by atoms with Crippen LogP contribution in [0.15, 0.2) is 18.5 Å². The van der Waals surface area contributed by atoms with Crippen LogP contribution in [0.3, 0.4) is 0 Å². The molecule has 1 saturated heterocycles. The smallest absolute Gasteiger partial charge is 0.157 e. The summed E-state index contributed by atoms with van der Waals surface area (Å²) in [5.74, 6) is 1.11. The van der Waals surface area contributed by atoms with Gasteiger partial charge < -0.3 is 10.0 Å². The van der Waals surface area contributed by atoms with Crippen molar-refractivity contribution in [2.24, 2.45) is 0 Å². The Morgan fingerprint density at radius 2 is 2.10 bits per heavy atom. The molecule has 0 atom stereocenters. The van der Waals surface area contributed by atoms with Crippen LogP contribution in [0.25, 0.3) is 5.65 Å². The molecular formula is C14H21N5O. The monoisotopic (exact) mass is 275 g/mol. The molecule has 6 heteroatoms. The van der Waals surface area contributed by atoms with Gasteiger partial charge in [0.1, 0.15) is 12.1 Å². The molecule has 108 valence electrons. The largest absolute Gasteiger partial charge is 0.395 e. The standard InChI is InChI=1S/C14H21N5O/c1-12-9-13-15-11-16-19(13)14(10-12)18-4-2-3-17(5-6-18)7-8-20/h9-11,20H,2-8H2,1H3. The molecule has 20 heavy (non-hydrogen) atoms. The van der Waals surface area contributed by atoms with E-state index >= 15 is 0 Å². The van der Waals surface area contributed by atoms with Crippen molar-refractivity contribution in [1.29, 1.82) is 0 Å². The summed E-state index contributed by atoms with van der Waals surface area (Å²) in [6.45, 7) is 7.08. The van der Waals surface area contributed by atoms with E-state index in [-0.39, 0.29) is 6.61 Å². The third-order valence-electron chi connectivity index (χ3n) is 3.83. The molecule has 0 radical (unpaired) electrons. The Morgan fingerprint density at radius 1 is 1.20 bits per heavy atom. The predicted octanol–water partition coefficient (Wildman–Crippen LogP) is 0.542. The van der Waals surface area contributed by atoms with Gasteiger partial charge in [0.15, 0.2) is 5.65 Å². The van der Waals surface area contributed by atoms with Crippen LogP contribution in [0.5, 0.6) is 0 Å². The van der Waals surface area contributed by atoms with Gasteiger partial charge in [0, 0.05) is 26.2 Å². The van der Waals surface area contributed by atoms with E-state index in [1.165, 1.54) is 5.56 Å². The Balaban J connectivity index is 1.85. The average Bonchev–Trinajstić information content (AvgIpc) is 2.77. The minimum absolute atomic E-state index is 0.234. The molecule has 6 nitrogen and oxygen atoms in total. The molecule has 0 aromatic carbocycles. The molecule has 1 aliphatic heterocycles. The molecule has 1 aliphatic rings. The molecule has 2 aromatic rings. The number of aryl methyl sites for hydroxylation is 1. The lowest BCUT2D eigenvalue weighted by Crippen LogP contribution is -2.33. The fraction of sp³-hybridized carbons (Fsp3) is 0.571. The fourth-order valence-electron chi connectivity index (χ4n) is 2.83. The Bertz CT molecular complexity index is 582. The van der Waals surface area contributed by atoms with E-state index in [4.69, 9.17) is 5.11 Å². The van der Waals surface area contributed by atoms with Gasteiger partial charge in [0.05, 0.1) is 6.61 Å².